The van der Waals surface area contributed by atoms with Crippen molar-refractivity contribution in [3.8, 4) is 6.07 Å². The first-order valence-electron chi connectivity index (χ1n) is 6.53. The van der Waals surface area contributed by atoms with Gasteiger partial charge in [-0.3, -0.25) is 4.79 Å². The Labute approximate surface area is 133 Å². The predicted octanol–water partition coefficient (Wildman–Crippen LogP) is 3.38. The van der Waals surface area contributed by atoms with Crippen LogP contribution in [0.15, 0.2) is 52.8 Å². The minimum atomic E-state index is -0.482. The standard InChI is InChI=1S/C16H14ClN3O2/c1-11-4-5-13(7-15(11)17)19-9-12(8-18)16(21)20-10-14-3-2-6-22-14/h2-7,9,19H,10H2,1H3,(H,20,21)/b12-9-. The summed E-state index contributed by atoms with van der Waals surface area (Å²) in [5, 5.41) is 15.2. The zero-order valence-corrected chi connectivity index (χ0v) is 12.6. The summed E-state index contributed by atoms with van der Waals surface area (Å²) in [5.41, 5.74) is 1.61. The Hall–Kier alpha value is -2.71. The van der Waals surface area contributed by atoms with Gasteiger partial charge in [0.2, 0.25) is 0 Å². The lowest BCUT2D eigenvalue weighted by atomic mass is 10.2. The molecule has 112 valence electrons. The van der Waals surface area contributed by atoms with Gasteiger partial charge in [0.1, 0.15) is 17.4 Å². The molecule has 0 aliphatic carbocycles. The van der Waals surface area contributed by atoms with Gasteiger partial charge in [-0.1, -0.05) is 17.7 Å². The van der Waals surface area contributed by atoms with Crippen LogP contribution in [0.25, 0.3) is 0 Å². The zero-order chi connectivity index (χ0) is 15.9. The van der Waals surface area contributed by atoms with Gasteiger partial charge in [-0.25, -0.2) is 0 Å². The lowest BCUT2D eigenvalue weighted by molar-refractivity contribution is -0.117. The molecular formula is C16H14ClN3O2. The minimum absolute atomic E-state index is 0.0387. The highest BCUT2D eigenvalue weighted by atomic mass is 35.5. The molecule has 0 aliphatic rings. The molecule has 0 spiro atoms. The maximum absolute atomic E-state index is 11.9. The third kappa shape index (κ3) is 4.14. The van der Waals surface area contributed by atoms with Crippen molar-refractivity contribution in [3.05, 3.63) is 64.7 Å². The van der Waals surface area contributed by atoms with E-state index in [4.69, 9.17) is 21.3 Å². The van der Waals surface area contributed by atoms with E-state index in [2.05, 4.69) is 10.6 Å². The second-order valence-corrected chi connectivity index (χ2v) is 4.95. The van der Waals surface area contributed by atoms with Crippen molar-refractivity contribution >= 4 is 23.2 Å². The van der Waals surface area contributed by atoms with Crippen LogP contribution < -0.4 is 10.6 Å². The van der Waals surface area contributed by atoms with E-state index in [0.717, 1.165) is 5.56 Å². The number of amides is 1. The first-order chi connectivity index (χ1) is 10.6. The summed E-state index contributed by atoms with van der Waals surface area (Å²) >= 11 is 6.02. The van der Waals surface area contributed by atoms with E-state index in [9.17, 15) is 4.79 Å². The molecular weight excluding hydrogens is 302 g/mol. The molecule has 2 rings (SSSR count). The first kappa shape index (κ1) is 15.7. The Balaban J connectivity index is 1.99. The molecule has 0 bridgehead atoms. The SMILES string of the molecule is Cc1ccc(N/C=C(/C#N)C(=O)NCc2ccco2)cc1Cl. The van der Waals surface area contributed by atoms with Crippen molar-refractivity contribution in [2.75, 3.05) is 5.32 Å². The average molecular weight is 316 g/mol. The number of carbonyl (C=O) groups is 1. The smallest absolute Gasteiger partial charge is 0.263 e. The summed E-state index contributed by atoms with van der Waals surface area (Å²) in [6.45, 7) is 2.12. The summed E-state index contributed by atoms with van der Waals surface area (Å²) in [6.07, 6.45) is 2.86. The second-order valence-electron chi connectivity index (χ2n) is 4.54. The topological polar surface area (TPSA) is 78.1 Å². The number of nitrogens with zero attached hydrogens (tertiary/aromatic N) is 1. The predicted molar refractivity (Wildman–Crippen MR) is 84.1 cm³/mol. The van der Waals surface area contributed by atoms with Crippen LogP contribution >= 0.6 is 11.6 Å². The quantitative estimate of drug-likeness (QED) is 0.655. The molecule has 0 radical (unpaired) electrons. The molecule has 1 aromatic carbocycles. The van der Waals surface area contributed by atoms with Crippen molar-refractivity contribution in [1.82, 2.24) is 5.32 Å². The Kier molecular flexibility index (Phi) is 5.23. The number of carbonyl (C=O) groups excluding carboxylic acids is 1. The van der Waals surface area contributed by atoms with Crippen LogP contribution in [0.1, 0.15) is 11.3 Å². The molecule has 0 fully saturated rings. The van der Waals surface area contributed by atoms with Gasteiger partial charge in [-0.05, 0) is 36.8 Å². The molecule has 6 heteroatoms. The summed E-state index contributed by atoms with van der Waals surface area (Å²) in [5.74, 6) is 0.133. The molecule has 22 heavy (non-hydrogen) atoms. The van der Waals surface area contributed by atoms with Crippen molar-refractivity contribution < 1.29 is 9.21 Å². The number of hydrogen-bond donors (Lipinski definition) is 2. The van der Waals surface area contributed by atoms with E-state index in [0.29, 0.717) is 16.5 Å². The molecule has 1 aromatic heterocycles. The Morgan fingerprint density at radius 2 is 2.27 bits per heavy atom. The molecule has 0 saturated heterocycles. The van der Waals surface area contributed by atoms with Crippen molar-refractivity contribution in [2.45, 2.75) is 13.5 Å². The molecule has 0 atom stereocenters. The van der Waals surface area contributed by atoms with E-state index in [1.807, 2.05) is 25.1 Å². The highest BCUT2D eigenvalue weighted by molar-refractivity contribution is 6.31. The fourth-order valence-corrected chi connectivity index (χ4v) is 1.84. The lowest BCUT2D eigenvalue weighted by Crippen LogP contribution is -2.24. The molecule has 2 N–H and O–H groups in total. The number of aryl methyl sites for hydroxylation is 1. The van der Waals surface area contributed by atoms with Crippen LogP contribution in [-0.4, -0.2) is 5.91 Å². The average Bonchev–Trinajstić information content (AvgIpc) is 3.02. The first-order valence-corrected chi connectivity index (χ1v) is 6.91. The van der Waals surface area contributed by atoms with Gasteiger partial charge in [-0.2, -0.15) is 5.26 Å². The van der Waals surface area contributed by atoms with Crippen molar-refractivity contribution in [1.29, 1.82) is 5.26 Å². The number of furan rings is 1. The van der Waals surface area contributed by atoms with Crippen LogP contribution in [-0.2, 0) is 11.3 Å². The summed E-state index contributed by atoms with van der Waals surface area (Å²) in [6, 6.07) is 10.7. The lowest BCUT2D eigenvalue weighted by Gasteiger charge is -2.05. The fraction of sp³-hybridized carbons (Fsp3) is 0.125. The molecule has 0 aliphatic heterocycles. The normalized spacial score (nSPS) is 10.9. The zero-order valence-electron chi connectivity index (χ0n) is 11.9. The van der Waals surface area contributed by atoms with Gasteiger partial charge < -0.3 is 15.1 Å². The third-order valence-corrected chi connectivity index (χ3v) is 3.33. The maximum Gasteiger partial charge on any atom is 0.263 e. The van der Waals surface area contributed by atoms with E-state index in [1.54, 1.807) is 18.2 Å². The monoisotopic (exact) mass is 315 g/mol. The third-order valence-electron chi connectivity index (χ3n) is 2.92. The Bertz CT molecular complexity index is 730. The van der Waals surface area contributed by atoms with E-state index < -0.39 is 5.91 Å². The number of benzene rings is 1. The number of rotatable bonds is 5. The Morgan fingerprint density at radius 1 is 1.45 bits per heavy atom. The van der Waals surface area contributed by atoms with Gasteiger partial charge >= 0.3 is 0 Å². The summed E-state index contributed by atoms with van der Waals surface area (Å²) in [4.78, 5) is 11.9. The molecule has 1 heterocycles. The van der Waals surface area contributed by atoms with E-state index in [1.165, 1.54) is 12.5 Å². The van der Waals surface area contributed by atoms with Crippen molar-refractivity contribution in [3.63, 3.8) is 0 Å². The van der Waals surface area contributed by atoms with Crippen molar-refractivity contribution in [2.24, 2.45) is 0 Å². The summed E-state index contributed by atoms with van der Waals surface area (Å²) < 4.78 is 5.10. The highest BCUT2D eigenvalue weighted by Gasteiger charge is 2.09. The van der Waals surface area contributed by atoms with E-state index in [-0.39, 0.29) is 12.1 Å². The Morgan fingerprint density at radius 3 is 2.91 bits per heavy atom. The number of hydrogen-bond acceptors (Lipinski definition) is 4. The molecule has 2 aromatic rings. The van der Waals surface area contributed by atoms with Gasteiger partial charge in [0.15, 0.2) is 0 Å². The van der Waals surface area contributed by atoms with Crippen LogP contribution in [0.5, 0.6) is 0 Å². The van der Waals surface area contributed by atoms with Crippen LogP contribution in [0.2, 0.25) is 5.02 Å². The molecule has 5 nitrogen and oxygen atoms in total. The van der Waals surface area contributed by atoms with Gasteiger partial charge in [0.05, 0.1) is 12.8 Å². The maximum atomic E-state index is 11.9. The molecule has 0 saturated carbocycles. The fourth-order valence-electron chi connectivity index (χ4n) is 1.66. The second kappa shape index (κ2) is 7.34. The molecule has 0 unspecified atom stereocenters. The minimum Gasteiger partial charge on any atom is -0.467 e. The van der Waals surface area contributed by atoms with Crippen LogP contribution in [0.3, 0.4) is 0 Å². The van der Waals surface area contributed by atoms with E-state index >= 15 is 0 Å². The van der Waals surface area contributed by atoms with Crippen LogP contribution in [0, 0.1) is 18.3 Å². The number of halogens is 1. The highest BCUT2D eigenvalue weighted by Crippen LogP contribution is 2.20. The molecule has 1 amide bonds. The van der Waals surface area contributed by atoms with Gasteiger partial charge in [-0.15, -0.1) is 0 Å². The summed E-state index contributed by atoms with van der Waals surface area (Å²) in [7, 11) is 0. The number of nitrogens with one attached hydrogen (secondary N) is 2. The van der Waals surface area contributed by atoms with Gasteiger partial charge in [0.25, 0.3) is 5.91 Å². The van der Waals surface area contributed by atoms with Crippen LogP contribution in [0.4, 0.5) is 5.69 Å². The van der Waals surface area contributed by atoms with Gasteiger partial charge in [0, 0.05) is 16.9 Å². The largest absolute Gasteiger partial charge is 0.467 e. The number of nitriles is 1. The number of anilines is 1.